The maximum atomic E-state index is 14.3. The summed E-state index contributed by atoms with van der Waals surface area (Å²) < 4.78 is 22.9. The zero-order chi connectivity index (χ0) is 17.6. The lowest BCUT2D eigenvalue weighted by Crippen LogP contribution is -2.70. The van der Waals surface area contributed by atoms with Crippen LogP contribution in [0.3, 0.4) is 0 Å². The van der Waals surface area contributed by atoms with Gasteiger partial charge in [0, 0.05) is 0 Å². The second-order valence-electron chi connectivity index (χ2n) is 4.70. The third-order valence-electron chi connectivity index (χ3n) is 3.07. The van der Waals surface area contributed by atoms with E-state index in [9.17, 15) is 39.2 Å². The summed E-state index contributed by atoms with van der Waals surface area (Å²) >= 11 is 0. The first-order valence-electron chi connectivity index (χ1n) is 5.97. The van der Waals surface area contributed by atoms with E-state index in [1.807, 2.05) is 0 Å². The number of hydrogen-bond donors (Lipinski definition) is 6. The van der Waals surface area contributed by atoms with E-state index in [1.54, 1.807) is 0 Å². The Kier molecular flexibility index (Phi) is 4.18. The van der Waals surface area contributed by atoms with Gasteiger partial charge in [0.2, 0.25) is 0 Å². The molecule has 2 aliphatic rings. The summed E-state index contributed by atoms with van der Waals surface area (Å²) in [5.41, 5.74) is 0. The fourth-order valence-electron chi connectivity index (χ4n) is 1.88. The summed E-state index contributed by atoms with van der Waals surface area (Å²) in [4.78, 5) is 36.0. The summed E-state index contributed by atoms with van der Waals surface area (Å²) in [7, 11) is 0. The van der Waals surface area contributed by atoms with Crippen molar-refractivity contribution in [1.82, 2.24) is 5.32 Å². The maximum Gasteiger partial charge on any atom is 0.347 e. The Labute approximate surface area is 125 Å². The molecule has 6 N–H and O–H groups in total. The number of carbonyl (C=O) groups excluding carboxylic acids is 2. The molecule has 0 saturated carbocycles. The lowest BCUT2D eigenvalue weighted by atomic mass is 9.97. The van der Waals surface area contributed by atoms with Crippen LogP contribution < -0.4 is 5.32 Å². The van der Waals surface area contributed by atoms with Crippen LogP contribution in [0.4, 0.5) is 9.18 Å². The first-order chi connectivity index (χ1) is 10.5. The van der Waals surface area contributed by atoms with Crippen molar-refractivity contribution < 1.29 is 53.8 Å². The van der Waals surface area contributed by atoms with Crippen LogP contribution in [0.5, 0.6) is 0 Å². The minimum atomic E-state index is -3.62. The molecule has 2 heterocycles. The number of aliphatic carboxylic acids is 1. The zero-order valence-corrected chi connectivity index (χ0v) is 11.0. The predicted octanol–water partition coefficient (Wildman–Crippen LogP) is -3.80. The molecule has 128 valence electrons. The minimum absolute atomic E-state index is 0.0371. The molecule has 1 unspecified atom stereocenters. The topological polar surface area (TPSA) is 195 Å². The maximum absolute atomic E-state index is 14.3. The van der Waals surface area contributed by atoms with Crippen LogP contribution in [0.15, 0.2) is 4.99 Å². The Bertz CT molecular complexity index is 584. The molecule has 0 radical (unpaired) electrons. The van der Waals surface area contributed by atoms with Gasteiger partial charge in [0.05, 0.1) is 6.21 Å². The molecule has 0 aromatic carbocycles. The number of halogens is 1. The van der Waals surface area contributed by atoms with E-state index >= 15 is 0 Å². The number of carboxylic acids is 1. The number of imide groups is 1. The average molecular weight is 338 g/mol. The molecule has 0 aliphatic carbocycles. The standard InChI is InChI=1S/C10H11FN2O10/c11-9(1-12-8(20)13-7(9)19)23-10(21)5(16)3(15)2(14)4(22-10)6(17)18/h1-5,14-16,21H,(H,17,18)(H,13,19,20)/t2-,3-,4-,5+,9?,10-/m0/s1. The Morgan fingerprint density at radius 2 is 1.96 bits per heavy atom. The van der Waals surface area contributed by atoms with Crippen molar-refractivity contribution in [1.29, 1.82) is 0 Å². The van der Waals surface area contributed by atoms with E-state index in [0.717, 1.165) is 0 Å². The molecule has 1 fully saturated rings. The average Bonchev–Trinajstić information content (AvgIpc) is 2.45. The van der Waals surface area contributed by atoms with Crippen molar-refractivity contribution in [3.05, 3.63) is 0 Å². The lowest BCUT2D eigenvalue weighted by molar-refractivity contribution is -0.463. The molecule has 0 aromatic heterocycles. The van der Waals surface area contributed by atoms with E-state index in [1.165, 1.54) is 5.32 Å². The number of aliphatic hydroxyl groups is 4. The third kappa shape index (κ3) is 2.92. The molecule has 0 aromatic rings. The molecule has 13 heteroatoms. The summed E-state index contributed by atoms with van der Waals surface area (Å²) in [5.74, 6) is -10.8. The SMILES string of the molecule is O=C1N=CC(F)(O[C@@]2(O)O[C@H](C(=O)O)[C@@H](O)[C@H](O)[C@H]2O)C(=O)N1. The molecule has 6 atom stereocenters. The van der Waals surface area contributed by atoms with Gasteiger partial charge < -0.3 is 30.3 Å². The van der Waals surface area contributed by atoms with Crippen LogP contribution in [0.25, 0.3) is 0 Å². The Morgan fingerprint density at radius 1 is 1.35 bits per heavy atom. The number of carbonyl (C=O) groups is 3. The molecule has 12 nitrogen and oxygen atoms in total. The van der Waals surface area contributed by atoms with Gasteiger partial charge in [-0.25, -0.2) is 9.59 Å². The molecular weight excluding hydrogens is 327 g/mol. The quantitative estimate of drug-likeness (QED) is 0.278. The highest BCUT2D eigenvalue weighted by atomic mass is 19.2. The van der Waals surface area contributed by atoms with Crippen molar-refractivity contribution in [3.8, 4) is 0 Å². The highest BCUT2D eigenvalue weighted by molar-refractivity contribution is 6.13. The Hall–Kier alpha value is -2.03. The van der Waals surface area contributed by atoms with Gasteiger partial charge in [-0.05, 0) is 0 Å². The highest BCUT2D eigenvalue weighted by Crippen LogP contribution is 2.33. The van der Waals surface area contributed by atoms with Gasteiger partial charge in [0.25, 0.3) is 5.91 Å². The van der Waals surface area contributed by atoms with E-state index in [2.05, 4.69) is 14.5 Å². The van der Waals surface area contributed by atoms with Crippen LogP contribution in [-0.4, -0.2) is 85.9 Å². The summed E-state index contributed by atoms with van der Waals surface area (Å²) in [6.07, 6.45) is -9.33. The molecule has 2 rings (SSSR count). The third-order valence-corrected chi connectivity index (χ3v) is 3.07. The van der Waals surface area contributed by atoms with E-state index in [-0.39, 0.29) is 6.21 Å². The van der Waals surface area contributed by atoms with Gasteiger partial charge in [-0.1, -0.05) is 0 Å². The van der Waals surface area contributed by atoms with Crippen molar-refractivity contribution >= 4 is 24.1 Å². The van der Waals surface area contributed by atoms with Gasteiger partial charge in [0.15, 0.2) is 12.2 Å². The minimum Gasteiger partial charge on any atom is -0.479 e. The van der Waals surface area contributed by atoms with Gasteiger partial charge >= 0.3 is 23.8 Å². The largest absolute Gasteiger partial charge is 0.479 e. The number of aliphatic hydroxyl groups excluding tert-OH is 3. The van der Waals surface area contributed by atoms with E-state index < -0.39 is 54.2 Å². The van der Waals surface area contributed by atoms with Crippen LogP contribution in [-0.2, 0) is 19.1 Å². The molecule has 1 saturated heterocycles. The number of carboxylic acid groups (broad SMARTS) is 1. The molecule has 2 aliphatic heterocycles. The normalized spacial score (nSPS) is 44.0. The summed E-state index contributed by atoms with van der Waals surface area (Å²) in [5, 5.41) is 48.8. The Balaban J connectivity index is 2.32. The second kappa shape index (κ2) is 5.55. The number of amides is 3. The van der Waals surface area contributed by atoms with E-state index in [0.29, 0.717) is 0 Å². The molecule has 3 amide bonds. The molecule has 0 spiro atoms. The van der Waals surface area contributed by atoms with Gasteiger partial charge in [-0.3, -0.25) is 14.8 Å². The Morgan fingerprint density at radius 3 is 2.48 bits per heavy atom. The van der Waals surface area contributed by atoms with Gasteiger partial charge in [-0.2, -0.15) is 9.38 Å². The zero-order valence-electron chi connectivity index (χ0n) is 11.0. The van der Waals surface area contributed by atoms with Crippen molar-refractivity contribution in [2.24, 2.45) is 4.99 Å². The van der Waals surface area contributed by atoms with Crippen LogP contribution in [0, 0.1) is 0 Å². The number of nitrogens with zero attached hydrogens (tertiary/aromatic N) is 1. The molecule has 23 heavy (non-hydrogen) atoms. The number of hydrogen-bond acceptors (Lipinski definition) is 9. The monoisotopic (exact) mass is 338 g/mol. The number of urea groups is 1. The second-order valence-corrected chi connectivity index (χ2v) is 4.70. The van der Waals surface area contributed by atoms with Crippen LogP contribution >= 0.6 is 0 Å². The smallest absolute Gasteiger partial charge is 0.347 e. The van der Waals surface area contributed by atoms with Crippen molar-refractivity contribution in [3.63, 3.8) is 0 Å². The van der Waals surface area contributed by atoms with E-state index in [4.69, 9.17) is 5.11 Å². The number of aliphatic imine (C=N–C) groups is 1. The lowest BCUT2D eigenvalue weighted by Gasteiger charge is -2.45. The number of ether oxygens (including phenoxy) is 2. The molecule has 0 bridgehead atoms. The van der Waals surface area contributed by atoms with Crippen molar-refractivity contribution in [2.45, 2.75) is 36.2 Å². The number of nitrogens with one attached hydrogen (secondary N) is 1. The van der Waals surface area contributed by atoms with Gasteiger partial charge in [0.1, 0.15) is 12.2 Å². The molecular formula is C10H11FN2O10. The number of alkyl halides is 1. The first-order valence-corrected chi connectivity index (χ1v) is 5.97. The first kappa shape index (κ1) is 17.3. The van der Waals surface area contributed by atoms with Gasteiger partial charge in [-0.15, -0.1) is 0 Å². The summed E-state index contributed by atoms with van der Waals surface area (Å²) in [6.45, 7) is 0. The van der Waals surface area contributed by atoms with Crippen LogP contribution in [0.1, 0.15) is 0 Å². The van der Waals surface area contributed by atoms with Crippen molar-refractivity contribution in [2.75, 3.05) is 0 Å². The fourth-order valence-corrected chi connectivity index (χ4v) is 1.88. The number of rotatable bonds is 3. The fraction of sp³-hybridized carbons (Fsp3) is 0.600. The highest BCUT2D eigenvalue weighted by Gasteiger charge is 2.61. The summed E-state index contributed by atoms with van der Waals surface area (Å²) in [6, 6.07) is -1.23. The van der Waals surface area contributed by atoms with Crippen LogP contribution in [0.2, 0.25) is 0 Å². The predicted molar refractivity (Wildman–Crippen MR) is 62.4 cm³/mol.